The van der Waals surface area contributed by atoms with E-state index in [-0.39, 0.29) is 0 Å². The number of anilines is 1. The van der Waals surface area contributed by atoms with Crippen molar-refractivity contribution in [1.82, 2.24) is 20.5 Å². The number of fused-ring (bicyclic) bond motifs is 1. The van der Waals surface area contributed by atoms with E-state index in [1.165, 1.54) is 0 Å². The Morgan fingerprint density at radius 1 is 1.39 bits per heavy atom. The van der Waals surface area contributed by atoms with Gasteiger partial charge in [-0.05, 0) is 13.0 Å². The Labute approximate surface area is 110 Å². The quantitative estimate of drug-likeness (QED) is 0.845. The second kappa shape index (κ2) is 4.66. The van der Waals surface area contributed by atoms with Crippen LogP contribution in [0.2, 0.25) is 5.15 Å². The van der Waals surface area contributed by atoms with Gasteiger partial charge >= 0.3 is 0 Å². The molecule has 0 aliphatic carbocycles. The van der Waals surface area contributed by atoms with Crippen molar-refractivity contribution < 1.29 is 0 Å². The lowest BCUT2D eigenvalue weighted by Crippen LogP contribution is -2.50. The van der Waals surface area contributed by atoms with Crippen molar-refractivity contribution >= 4 is 28.2 Å². The van der Waals surface area contributed by atoms with Gasteiger partial charge in [-0.25, -0.2) is 0 Å². The second-order valence-electron chi connectivity index (χ2n) is 4.48. The maximum Gasteiger partial charge on any atom is 0.161 e. The van der Waals surface area contributed by atoms with Gasteiger partial charge in [-0.1, -0.05) is 11.6 Å². The first-order valence-corrected chi connectivity index (χ1v) is 6.38. The van der Waals surface area contributed by atoms with Crippen molar-refractivity contribution in [3.05, 3.63) is 23.6 Å². The number of nitrogens with zero attached hydrogens (tertiary/aromatic N) is 4. The summed E-state index contributed by atoms with van der Waals surface area (Å²) in [5.74, 6) is 0.872. The number of hydrogen-bond acceptors (Lipinski definition) is 5. The molecule has 1 saturated heterocycles. The molecule has 1 fully saturated rings. The molecule has 2 aromatic rings. The summed E-state index contributed by atoms with van der Waals surface area (Å²) >= 11 is 6.07. The Morgan fingerprint density at radius 2 is 2.28 bits per heavy atom. The SMILES string of the molecule is CC1CNCCN1c1nnc(Cl)c2ccncc12. The van der Waals surface area contributed by atoms with E-state index >= 15 is 0 Å². The van der Waals surface area contributed by atoms with E-state index in [4.69, 9.17) is 11.6 Å². The molecule has 0 aromatic carbocycles. The lowest BCUT2D eigenvalue weighted by atomic mass is 10.1. The van der Waals surface area contributed by atoms with E-state index < -0.39 is 0 Å². The molecule has 5 nitrogen and oxygen atoms in total. The van der Waals surface area contributed by atoms with Crippen molar-refractivity contribution in [2.75, 3.05) is 24.5 Å². The Bertz CT molecular complexity index is 573. The highest BCUT2D eigenvalue weighted by atomic mass is 35.5. The maximum atomic E-state index is 6.07. The molecule has 1 aliphatic rings. The van der Waals surface area contributed by atoms with Crippen LogP contribution in [0.3, 0.4) is 0 Å². The molecule has 18 heavy (non-hydrogen) atoms. The summed E-state index contributed by atoms with van der Waals surface area (Å²) in [6, 6.07) is 2.26. The summed E-state index contributed by atoms with van der Waals surface area (Å²) in [5.41, 5.74) is 0. The van der Waals surface area contributed by atoms with E-state index in [9.17, 15) is 0 Å². The van der Waals surface area contributed by atoms with Gasteiger partial charge in [0.05, 0.1) is 0 Å². The highest BCUT2D eigenvalue weighted by Gasteiger charge is 2.22. The molecular weight excluding hydrogens is 250 g/mol. The normalized spacial score (nSPS) is 20.3. The number of halogens is 1. The minimum Gasteiger partial charge on any atom is -0.349 e. The summed E-state index contributed by atoms with van der Waals surface area (Å²) in [6.45, 7) is 4.99. The van der Waals surface area contributed by atoms with Gasteiger partial charge < -0.3 is 10.2 Å². The zero-order chi connectivity index (χ0) is 12.5. The number of nitrogens with one attached hydrogen (secondary N) is 1. The number of hydrogen-bond donors (Lipinski definition) is 1. The number of rotatable bonds is 1. The van der Waals surface area contributed by atoms with Crippen LogP contribution in [-0.4, -0.2) is 40.9 Å². The van der Waals surface area contributed by atoms with E-state index in [1.54, 1.807) is 12.4 Å². The van der Waals surface area contributed by atoms with Gasteiger partial charge in [0.1, 0.15) is 0 Å². The standard InChI is InChI=1S/C12H14ClN5/c1-8-6-15-4-5-18(8)12-10-7-14-3-2-9(10)11(13)16-17-12/h2-3,7-8,15H,4-6H2,1H3. The summed E-state index contributed by atoms with van der Waals surface area (Å²) in [7, 11) is 0. The molecule has 1 aliphatic heterocycles. The molecule has 0 saturated carbocycles. The van der Waals surface area contributed by atoms with Crippen LogP contribution in [0.15, 0.2) is 18.5 Å². The molecule has 0 spiro atoms. The molecule has 1 unspecified atom stereocenters. The minimum atomic E-state index is 0.387. The van der Waals surface area contributed by atoms with Crippen molar-refractivity contribution in [2.24, 2.45) is 0 Å². The van der Waals surface area contributed by atoms with Crippen molar-refractivity contribution in [3.8, 4) is 0 Å². The van der Waals surface area contributed by atoms with Crippen molar-refractivity contribution in [1.29, 1.82) is 0 Å². The number of pyridine rings is 1. The third-order valence-corrected chi connectivity index (χ3v) is 3.57. The lowest BCUT2D eigenvalue weighted by Gasteiger charge is -2.35. The number of aromatic nitrogens is 3. The van der Waals surface area contributed by atoms with Crippen LogP contribution in [0.25, 0.3) is 10.8 Å². The van der Waals surface area contributed by atoms with Crippen LogP contribution >= 0.6 is 11.6 Å². The van der Waals surface area contributed by atoms with Crippen LogP contribution in [0, 0.1) is 0 Å². The van der Waals surface area contributed by atoms with Gasteiger partial charge in [-0.15, -0.1) is 10.2 Å². The van der Waals surface area contributed by atoms with Gasteiger partial charge in [-0.2, -0.15) is 0 Å². The average molecular weight is 264 g/mol. The Kier molecular flexibility index (Phi) is 3.01. The van der Waals surface area contributed by atoms with Crippen LogP contribution in [0.1, 0.15) is 6.92 Å². The monoisotopic (exact) mass is 263 g/mol. The third kappa shape index (κ3) is 1.89. The molecule has 94 valence electrons. The van der Waals surface area contributed by atoms with Gasteiger partial charge in [0.2, 0.25) is 0 Å². The fourth-order valence-corrected chi connectivity index (χ4v) is 2.52. The zero-order valence-electron chi connectivity index (χ0n) is 10.1. The number of piperazine rings is 1. The van der Waals surface area contributed by atoms with E-state index in [0.29, 0.717) is 11.2 Å². The topological polar surface area (TPSA) is 53.9 Å². The van der Waals surface area contributed by atoms with Crippen molar-refractivity contribution in [2.45, 2.75) is 13.0 Å². The summed E-state index contributed by atoms with van der Waals surface area (Å²) in [5, 5.41) is 14.0. The second-order valence-corrected chi connectivity index (χ2v) is 4.84. The van der Waals surface area contributed by atoms with Crippen LogP contribution < -0.4 is 10.2 Å². The van der Waals surface area contributed by atoms with Crippen molar-refractivity contribution in [3.63, 3.8) is 0 Å². The molecule has 2 aromatic heterocycles. The van der Waals surface area contributed by atoms with Crippen LogP contribution in [0.4, 0.5) is 5.82 Å². The first-order chi connectivity index (χ1) is 8.77. The van der Waals surface area contributed by atoms with E-state index in [1.807, 2.05) is 6.07 Å². The molecule has 0 amide bonds. The molecule has 1 atom stereocenters. The zero-order valence-corrected chi connectivity index (χ0v) is 10.9. The third-order valence-electron chi connectivity index (χ3n) is 3.29. The Morgan fingerprint density at radius 3 is 3.11 bits per heavy atom. The van der Waals surface area contributed by atoms with Gasteiger partial charge in [0.15, 0.2) is 11.0 Å². The summed E-state index contributed by atoms with van der Waals surface area (Å²) in [4.78, 5) is 6.42. The summed E-state index contributed by atoms with van der Waals surface area (Å²) in [6.07, 6.45) is 3.53. The van der Waals surface area contributed by atoms with Gasteiger partial charge in [0, 0.05) is 48.8 Å². The fourth-order valence-electron chi connectivity index (χ4n) is 2.32. The predicted molar refractivity (Wildman–Crippen MR) is 72.0 cm³/mol. The smallest absolute Gasteiger partial charge is 0.161 e. The first kappa shape index (κ1) is 11.6. The highest BCUT2D eigenvalue weighted by molar-refractivity contribution is 6.34. The fraction of sp³-hybridized carbons (Fsp3) is 0.417. The molecular formula is C12H14ClN5. The Hall–Kier alpha value is -1.46. The summed E-state index contributed by atoms with van der Waals surface area (Å²) < 4.78 is 0. The van der Waals surface area contributed by atoms with E-state index in [0.717, 1.165) is 36.2 Å². The molecule has 0 radical (unpaired) electrons. The van der Waals surface area contributed by atoms with Gasteiger partial charge in [-0.3, -0.25) is 4.98 Å². The molecule has 0 bridgehead atoms. The van der Waals surface area contributed by atoms with Crippen LogP contribution in [-0.2, 0) is 0 Å². The first-order valence-electron chi connectivity index (χ1n) is 6.00. The molecule has 3 heterocycles. The van der Waals surface area contributed by atoms with E-state index in [2.05, 4.69) is 32.3 Å². The average Bonchev–Trinajstić information content (AvgIpc) is 2.41. The maximum absolute atomic E-state index is 6.07. The molecule has 1 N–H and O–H groups in total. The van der Waals surface area contributed by atoms with Gasteiger partial charge in [0.25, 0.3) is 0 Å². The molecule has 6 heteroatoms. The molecule has 3 rings (SSSR count). The van der Waals surface area contributed by atoms with Crippen LogP contribution in [0.5, 0.6) is 0 Å². The highest BCUT2D eigenvalue weighted by Crippen LogP contribution is 2.28. The Balaban J connectivity index is 2.14. The lowest BCUT2D eigenvalue weighted by molar-refractivity contribution is 0.497. The minimum absolute atomic E-state index is 0.387. The predicted octanol–water partition coefficient (Wildman–Crippen LogP) is 1.48. The largest absolute Gasteiger partial charge is 0.349 e.